The molecule has 2 atom stereocenters. The van der Waals surface area contributed by atoms with Crippen LogP contribution in [0.2, 0.25) is 0 Å². The first kappa shape index (κ1) is 20.7. The molecule has 0 aliphatic rings. The molecule has 2 nitrogen and oxygen atoms in total. The highest BCUT2D eigenvalue weighted by Crippen LogP contribution is 2.22. The zero-order chi connectivity index (χ0) is 18.8. The average molecular weight is 353 g/mol. The van der Waals surface area contributed by atoms with Gasteiger partial charge in [-0.15, -0.1) is 0 Å². The highest BCUT2D eigenvalue weighted by Gasteiger charge is 2.28. The standard InChI is InChI=1S/C24H36N2/c1-5-23(25(7-3)8-4)24(6-2)26(19-21-15-11-9-12-16-21)20-22-17-13-10-14-18-22/h9-18,23-24H,5-8,19-20H2,1-4H3. The van der Waals surface area contributed by atoms with Gasteiger partial charge >= 0.3 is 0 Å². The molecule has 0 saturated heterocycles. The maximum Gasteiger partial charge on any atom is 0.0255 e. The lowest BCUT2D eigenvalue weighted by molar-refractivity contribution is 0.0667. The fourth-order valence-corrected chi connectivity index (χ4v) is 4.17. The van der Waals surface area contributed by atoms with Crippen molar-refractivity contribution in [2.45, 2.75) is 65.7 Å². The Morgan fingerprint density at radius 3 is 1.31 bits per heavy atom. The van der Waals surface area contributed by atoms with E-state index in [1.54, 1.807) is 0 Å². The molecule has 0 amide bonds. The third kappa shape index (κ3) is 5.69. The van der Waals surface area contributed by atoms with E-state index < -0.39 is 0 Å². The molecule has 0 aliphatic heterocycles. The van der Waals surface area contributed by atoms with Crippen LogP contribution in [-0.2, 0) is 13.1 Å². The number of hydrogen-bond acceptors (Lipinski definition) is 2. The molecule has 0 fully saturated rings. The Hall–Kier alpha value is -1.64. The molecule has 2 heteroatoms. The van der Waals surface area contributed by atoms with Crippen molar-refractivity contribution in [3.8, 4) is 0 Å². The first-order chi connectivity index (χ1) is 12.7. The summed E-state index contributed by atoms with van der Waals surface area (Å²) >= 11 is 0. The first-order valence-electron chi connectivity index (χ1n) is 10.3. The summed E-state index contributed by atoms with van der Waals surface area (Å²) in [6.45, 7) is 13.5. The molecule has 0 spiro atoms. The molecule has 0 aliphatic carbocycles. The molecule has 2 unspecified atom stereocenters. The number of nitrogens with zero attached hydrogens (tertiary/aromatic N) is 2. The van der Waals surface area contributed by atoms with Crippen LogP contribution in [0.5, 0.6) is 0 Å². The molecule has 142 valence electrons. The predicted molar refractivity (Wildman–Crippen MR) is 113 cm³/mol. The second kappa shape index (κ2) is 11.2. The molecule has 2 rings (SSSR count). The van der Waals surface area contributed by atoms with Gasteiger partial charge in [-0.25, -0.2) is 0 Å². The smallest absolute Gasteiger partial charge is 0.0255 e. The maximum absolute atomic E-state index is 2.69. The van der Waals surface area contributed by atoms with Gasteiger partial charge in [-0.1, -0.05) is 88.4 Å². The number of benzene rings is 2. The van der Waals surface area contributed by atoms with Crippen LogP contribution in [-0.4, -0.2) is 35.0 Å². The topological polar surface area (TPSA) is 6.48 Å². The summed E-state index contributed by atoms with van der Waals surface area (Å²) in [5.41, 5.74) is 2.80. The SMILES string of the molecule is CCC(C(CC)N(Cc1ccccc1)Cc1ccccc1)N(CC)CC. The Labute approximate surface area is 160 Å². The second-order valence-electron chi connectivity index (χ2n) is 7.05. The van der Waals surface area contributed by atoms with Gasteiger partial charge in [0, 0.05) is 25.2 Å². The highest BCUT2D eigenvalue weighted by molar-refractivity contribution is 5.17. The zero-order valence-corrected chi connectivity index (χ0v) is 17.1. The molecule has 2 aromatic carbocycles. The summed E-state index contributed by atoms with van der Waals surface area (Å²) in [5, 5.41) is 0. The van der Waals surface area contributed by atoms with E-state index in [0.29, 0.717) is 12.1 Å². The van der Waals surface area contributed by atoms with Crippen LogP contribution >= 0.6 is 0 Å². The normalized spacial score (nSPS) is 13.9. The first-order valence-corrected chi connectivity index (χ1v) is 10.3. The number of rotatable bonds is 11. The maximum atomic E-state index is 2.69. The Balaban J connectivity index is 2.29. The zero-order valence-electron chi connectivity index (χ0n) is 17.1. The molecule has 0 heterocycles. The van der Waals surface area contributed by atoms with Gasteiger partial charge in [0.25, 0.3) is 0 Å². The molecule has 0 bridgehead atoms. The molecule has 0 radical (unpaired) electrons. The Kier molecular flexibility index (Phi) is 8.87. The largest absolute Gasteiger partial charge is 0.299 e. The Bertz CT molecular complexity index is 551. The van der Waals surface area contributed by atoms with Crippen LogP contribution < -0.4 is 0 Å². The fourth-order valence-electron chi connectivity index (χ4n) is 4.17. The van der Waals surface area contributed by atoms with Gasteiger partial charge in [0.05, 0.1) is 0 Å². The van der Waals surface area contributed by atoms with Crippen LogP contribution in [0.3, 0.4) is 0 Å². The lowest BCUT2D eigenvalue weighted by Gasteiger charge is -2.41. The number of hydrogen-bond donors (Lipinski definition) is 0. The van der Waals surface area contributed by atoms with Crippen molar-refractivity contribution in [3.63, 3.8) is 0 Å². The average Bonchev–Trinajstić information content (AvgIpc) is 2.69. The minimum absolute atomic E-state index is 0.556. The lowest BCUT2D eigenvalue weighted by atomic mass is 9.97. The molecule has 2 aromatic rings. The molecule has 26 heavy (non-hydrogen) atoms. The van der Waals surface area contributed by atoms with Crippen molar-refractivity contribution in [1.82, 2.24) is 9.80 Å². The monoisotopic (exact) mass is 352 g/mol. The Morgan fingerprint density at radius 1 is 0.577 bits per heavy atom. The van der Waals surface area contributed by atoms with Crippen molar-refractivity contribution in [1.29, 1.82) is 0 Å². The molecular weight excluding hydrogens is 316 g/mol. The third-order valence-electron chi connectivity index (χ3n) is 5.49. The summed E-state index contributed by atoms with van der Waals surface area (Å²) in [7, 11) is 0. The number of likely N-dealkylation sites (N-methyl/N-ethyl adjacent to an activating group) is 1. The predicted octanol–water partition coefficient (Wildman–Crippen LogP) is 5.59. The minimum Gasteiger partial charge on any atom is -0.299 e. The van der Waals surface area contributed by atoms with Crippen molar-refractivity contribution >= 4 is 0 Å². The van der Waals surface area contributed by atoms with Gasteiger partial charge in [0.2, 0.25) is 0 Å². The van der Waals surface area contributed by atoms with Crippen molar-refractivity contribution in [2.24, 2.45) is 0 Å². The third-order valence-corrected chi connectivity index (χ3v) is 5.49. The van der Waals surface area contributed by atoms with E-state index in [2.05, 4.69) is 98.2 Å². The minimum atomic E-state index is 0.556. The van der Waals surface area contributed by atoms with Crippen LogP contribution in [0.25, 0.3) is 0 Å². The van der Waals surface area contributed by atoms with E-state index in [4.69, 9.17) is 0 Å². The van der Waals surface area contributed by atoms with Crippen LogP contribution in [0.1, 0.15) is 51.7 Å². The van der Waals surface area contributed by atoms with E-state index >= 15 is 0 Å². The summed E-state index contributed by atoms with van der Waals surface area (Å²) in [4.78, 5) is 5.33. The van der Waals surface area contributed by atoms with Crippen molar-refractivity contribution < 1.29 is 0 Å². The Morgan fingerprint density at radius 2 is 0.962 bits per heavy atom. The highest BCUT2D eigenvalue weighted by atomic mass is 15.2. The summed E-state index contributed by atoms with van der Waals surface area (Å²) in [6, 6.07) is 23.0. The van der Waals surface area contributed by atoms with Crippen LogP contribution in [0.15, 0.2) is 60.7 Å². The second-order valence-corrected chi connectivity index (χ2v) is 7.05. The summed E-state index contributed by atoms with van der Waals surface area (Å²) < 4.78 is 0. The van der Waals surface area contributed by atoms with E-state index in [1.165, 1.54) is 24.0 Å². The van der Waals surface area contributed by atoms with Gasteiger partial charge in [-0.05, 0) is 37.1 Å². The molecular formula is C24H36N2. The van der Waals surface area contributed by atoms with Crippen LogP contribution in [0.4, 0.5) is 0 Å². The molecule has 0 saturated carbocycles. The van der Waals surface area contributed by atoms with Crippen LogP contribution in [0, 0.1) is 0 Å². The van der Waals surface area contributed by atoms with Gasteiger partial charge < -0.3 is 0 Å². The van der Waals surface area contributed by atoms with E-state index in [0.717, 1.165) is 26.2 Å². The lowest BCUT2D eigenvalue weighted by Crippen LogP contribution is -2.50. The molecule has 0 aromatic heterocycles. The van der Waals surface area contributed by atoms with Gasteiger partial charge in [-0.2, -0.15) is 0 Å². The van der Waals surface area contributed by atoms with Crippen molar-refractivity contribution in [2.75, 3.05) is 13.1 Å². The van der Waals surface area contributed by atoms with Gasteiger partial charge in [-0.3, -0.25) is 9.80 Å². The summed E-state index contributed by atoms with van der Waals surface area (Å²) in [6.07, 6.45) is 2.37. The van der Waals surface area contributed by atoms with Crippen molar-refractivity contribution in [3.05, 3.63) is 71.8 Å². The van der Waals surface area contributed by atoms with E-state index in [9.17, 15) is 0 Å². The quantitative estimate of drug-likeness (QED) is 0.520. The fraction of sp³-hybridized carbons (Fsp3) is 0.500. The molecule has 0 N–H and O–H groups in total. The summed E-state index contributed by atoms with van der Waals surface area (Å²) in [5.74, 6) is 0. The van der Waals surface area contributed by atoms with E-state index in [1.807, 2.05) is 0 Å². The van der Waals surface area contributed by atoms with E-state index in [-0.39, 0.29) is 0 Å². The van der Waals surface area contributed by atoms with Gasteiger partial charge in [0.1, 0.15) is 0 Å². The van der Waals surface area contributed by atoms with Gasteiger partial charge in [0.15, 0.2) is 0 Å².